The number of nitrogens with two attached hydrogens (primary N) is 1. The van der Waals surface area contributed by atoms with Gasteiger partial charge in [0.25, 0.3) is 0 Å². The van der Waals surface area contributed by atoms with Crippen LogP contribution in [0.25, 0.3) is 11.4 Å². The monoisotopic (exact) mass is 262 g/mol. The van der Waals surface area contributed by atoms with Crippen molar-refractivity contribution in [1.29, 1.82) is 0 Å². The van der Waals surface area contributed by atoms with Crippen molar-refractivity contribution in [1.82, 2.24) is 9.97 Å². The lowest BCUT2D eigenvalue weighted by atomic mass is 10.1. The average Bonchev–Trinajstić information content (AvgIpc) is 2.38. The zero-order valence-electron chi connectivity index (χ0n) is 9.63. The van der Waals surface area contributed by atoms with E-state index in [1.807, 2.05) is 19.1 Å². The Morgan fingerprint density at radius 3 is 2.83 bits per heavy atom. The number of hydrogen-bond acceptors (Lipinski definition) is 4. The number of aromatic nitrogens is 2. The highest BCUT2D eigenvalue weighted by Crippen LogP contribution is 2.22. The largest absolute Gasteiger partial charge is 0.409 e. The van der Waals surface area contributed by atoms with Crippen molar-refractivity contribution >= 4 is 17.4 Å². The molecule has 5 nitrogen and oxygen atoms in total. The van der Waals surface area contributed by atoms with Crippen LogP contribution in [-0.4, -0.2) is 21.0 Å². The average molecular weight is 263 g/mol. The van der Waals surface area contributed by atoms with E-state index in [1.54, 1.807) is 18.3 Å². The van der Waals surface area contributed by atoms with E-state index < -0.39 is 0 Å². The molecule has 1 aromatic carbocycles. The molecule has 0 aliphatic carbocycles. The Kier molecular flexibility index (Phi) is 3.43. The first-order chi connectivity index (χ1) is 8.61. The van der Waals surface area contributed by atoms with E-state index in [2.05, 4.69) is 15.1 Å². The molecule has 0 spiro atoms. The summed E-state index contributed by atoms with van der Waals surface area (Å²) in [4.78, 5) is 8.40. The molecule has 18 heavy (non-hydrogen) atoms. The van der Waals surface area contributed by atoms with Gasteiger partial charge in [-0.25, -0.2) is 9.97 Å². The third-order valence-corrected chi connectivity index (χ3v) is 2.69. The Hall–Kier alpha value is -2.14. The van der Waals surface area contributed by atoms with Crippen LogP contribution in [0.3, 0.4) is 0 Å². The molecular weight excluding hydrogens is 252 g/mol. The Balaban J connectivity index is 2.51. The van der Waals surface area contributed by atoms with E-state index >= 15 is 0 Å². The summed E-state index contributed by atoms with van der Waals surface area (Å²) in [6, 6.07) is 7.01. The summed E-state index contributed by atoms with van der Waals surface area (Å²) in [5.74, 6) is 0.457. The van der Waals surface area contributed by atoms with Crippen LogP contribution in [-0.2, 0) is 0 Å². The molecule has 3 N–H and O–H groups in total. The number of halogens is 1. The summed E-state index contributed by atoms with van der Waals surface area (Å²) >= 11 is 5.90. The molecule has 0 atom stereocenters. The zero-order valence-corrected chi connectivity index (χ0v) is 10.4. The number of nitrogens with zero attached hydrogens (tertiary/aromatic N) is 3. The van der Waals surface area contributed by atoms with Gasteiger partial charge >= 0.3 is 0 Å². The molecule has 0 fully saturated rings. The van der Waals surface area contributed by atoms with Crippen molar-refractivity contribution < 1.29 is 5.21 Å². The summed E-state index contributed by atoms with van der Waals surface area (Å²) in [6.07, 6.45) is 1.56. The zero-order chi connectivity index (χ0) is 13.1. The maximum Gasteiger partial charge on any atom is 0.188 e. The van der Waals surface area contributed by atoms with Gasteiger partial charge in [0, 0.05) is 16.8 Å². The molecule has 0 saturated heterocycles. The van der Waals surface area contributed by atoms with Gasteiger partial charge in [-0.2, -0.15) is 0 Å². The first kappa shape index (κ1) is 12.3. The van der Waals surface area contributed by atoms with Crippen molar-refractivity contribution in [2.75, 3.05) is 0 Å². The Morgan fingerprint density at radius 1 is 1.39 bits per heavy atom. The van der Waals surface area contributed by atoms with Gasteiger partial charge in [0.05, 0.1) is 0 Å². The smallest absolute Gasteiger partial charge is 0.188 e. The fourth-order valence-electron chi connectivity index (χ4n) is 1.56. The van der Waals surface area contributed by atoms with Crippen molar-refractivity contribution in [2.24, 2.45) is 10.9 Å². The van der Waals surface area contributed by atoms with E-state index in [9.17, 15) is 0 Å². The third-order valence-electron chi connectivity index (χ3n) is 2.46. The highest BCUT2D eigenvalue weighted by atomic mass is 35.5. The fraction of sp³-hybridized carbons (Fsp3) is 0.0833. The lowest BCUT2D eigenvalue weighted by Gasteiger charge is -2.06. The normalized spacial score (nSPS) is 11.6. The lowest BCUT2D eigenvalue weighted by molar-refractivity contribution is 0.318. The highest BCUT2D eigenvalue weighted by Gasteiger charge is 2.08. The fourth-order valence-corrected chi connectivity index (χ4v) is 1.79. The third kappa shape index (κ3) is 2.41. The van der Waals surface area contributed by atoms with Crippen molar-refractivity contribution in [3.63, 3.8) is 0 Å². The van der Waals surface area contributed by atoms with Gasteiger partial charge in [-0.05, 0) is 36.8 Å². The predicted octanol–water partition coefficient (Wildman–Crippen LogP) is 2.20. The SMILES string of the molecule is Cc1cc(Cl)ccc1-c1nccc(/C(N)=N/O)n1. The minimum Gasteiger partial charge on any atom is -0.409 e. The Bertz CT molecular complexity index is 613. The molecule has 0 saturated carbocycles. The molecule has 2 rings (SSSR count). The molecule has 0 bridgehead atoms. The topological polar surface area (TPSA) is 84.4 Å². The van der Waals surface area contributed by atoms with Gasteiger partial charge in [0.1, 0.15) is 5.69 Å². The quantitative estimate of drug-likeness (QED) is 0.376. The maximum absolute atomic E-state index is 8.63. The Morgan fingerprint density at radius 2 is 2.17 bits per heavy atom. The van der Waals surface area contributed by atoms with Gasteiger partial charge in [-0.3, -0.25) is 0 Å². The number of benzene rings is 1. The number of hydrogen-bond donors (Lipinski definition) is 2. The summed E-state index contributed by atoms with van der Waals surface area (Å²) in [7, 11) is 0. The van der Waals surface area contributed by atoms with Gasteiger partial charge < -0.3 is 10.9 Å². The molecule has 1 aromatic heterocycles. The van der Waals surface area contributed by atoms with Gasteiger partial charge in [-0.1, -0.05) is 16.8 Å². The van der Waals surface area contributed by atoms with Gasteiger partial charge in [0.2, 0.25) is 0 Å². The number of aryl methyl sites for hydroxylation is 1. The highest BCUT2D eigenvalue weighted by molar-refractivity contribution is 6.30. The first-order valence-corrected chi connectivity index (χ1v) is 5.57. The van der Waals surface area contributed by atoms with Crippen LogP contribution in [0, 0.1) is 6.92 Å². The molecule has 1 heterocycles. The van der Waals surface area contributed by atoms with Crippen LogP contribution in [0.4, 0.5) is 0 Å². The minimum atomic E-state index is -0.0507. The van der Waals surface area contributed by atoms with Crippen LogP contribution in [0.1, 0.15) is 11.3 Å². The van der Waals surface area contributed by atoms with Crippen molar-refractivity contribution in [3.8, 4) is 11.4 Å². The summed E-state index contributed by atoms with van der Waals surface area (Å²) in [5.41, 5.74) is 7.68. The van der Waals surface area contributed by atoms with Crippen LogP contribution >= 0.6 is 11.6 Å². The van der Waals surface area contributed by atoms with Crippen LogP contribution < -0.4 is 5.73 Å². The summed E-state index contributed by atoms with van der Waals surface area (Å²) in [6.45, 7) is 1.92. The molecular formula is C12H11ClN4O. The summed E-state index contributed by atoms with van der Waals surface area (Å²) in [5, 5.41) is 12.2. The van der Waals surface area contributed by atoms with Gasteiger partial charge in [-0.15, -0.1) is 0 Å². The number of oxime groups is 1. The van der Waals surface area contributed by atoms with Crippen LogP contribution in [0.5, 0.6) is 0 Å². The molecule has 2 aromatic rings. The second-order valence-electron chi connectivity index (χ2n) is 3.71. The predicted molar refractivity (Wildman–Crippen MR) is 69.7 cm³/mol. The van der Waals surface area contributed by atoms with E-state index in [0.717, 1.165) is 11.1 Å². The van der Waals surface area contributed by atoms with Crippen molar-refractivity contribution in [2.45, 2.75) is 6.92 Å². The van der Waals surface area contributed by atoms with E-state index in [-0.39, 0.29) is 5.84 Å². The molecule has 0 amide bonds. The maximum atomic E-state index is 8.63. The van der Waals surface area contributed by atoms with E-state index in [0.29, 0.717) is 16.5 Å². The molecule has 0 aliphatic rings. The number of rotatable bonds is 2. The van der Waals surface area contributed by atoms with E-state index in [4.69, 9.17) is 22.5 Å². The molecule has 0 radical (unpaired) electrons. The second kappa shape index (κ2) is 5.01. The summed E-state index contributed by atoms with van der Waals surface area (Å²) < 4.78 is 0. The molecule has 92 valence electrons. The van der Waals surface area contributed by atoms with Crippen LogP contribution in [0.2, 0.25) is 5.02 Å². The molecule has 6 heteroatoms. The Labute approximate surface area is 109 Å². The van der Waals surface area contributed by atoms with Crippen molar-refractivity contribution in [3.05, 3.63) is 46.7 Å². The second-order valence-corrected chi connectivity index (χ2v) is 4.15. The molecule has 0 aliphatic heterocycles. The standard InChI is InChI=1S/C12H11ClN4O/c1-7-6-8(13)2-3-9(7)12-15-5-4-10(16-12)11(14)17-18/h2-6,18H,1H3,(H2,14,17). The van der Waals surface area contributed by atoms with Gasteiger partial charge in [0.15, 0.2) is 11.7 Å². The minimum absolute atomic E-state index is 0.0507. The van der Waals surface area contributed by atoms with Crippen LogP contribution in [0.15, 0.2) is 35.6 Å². The van der Waals surface area contributed by atoms with E-state index in [1.165, 1.54) is 0 Å². The number of amidine groups is 1. The molecule has 0 unspecified atom stereocenters. The lowest BCUT2D eigenvalue weighted by Crippen LogP contribution is -2.15. The first-order valence-electron chi connectivity index (χ1n) is 5.19.